The maximum absolute atomic E-state index is 11.5. The summed E-state index contributed by atoms with van der Waals surface area (Å²) in [6.45, 7) is 2.04. The third-order valence-electron chi connectivity index (χ3n) is 1.86. The Kier molecular flexibility index (Phi) is 4.37. The molecule has 0 aliphatic carbocycles. The average molecular weight is 282 g/mol. The number of aromatic nitrogens is 2. The van der Waals surface area contributed by atoms with Gasteiger partial charge in [-0.05, 0) is 18.4 Å². The smallest absolute Gasteiger partial charge is 0.362 e. The average Bonchev–Trinajstić information content (AvgIpc) is 3.00. The summed E-state index contributed by atoms with van der Waals surface area (Å²) in [5.74, 6) is -0.500. The van der Waals surface area contributed by atoms with Crippen LogP contribution in [0.2, 0.25) is 0 Å². The van der Waals surface area contributed by atoms with E-state index in [1.165, 1.54) is 0 Å². The standard InChI is InChI=1S/C10H10N4O2S2/c1-2-16-10(15)8-9(18-14-12-8)13-11-6-7-4-3-5-17-7/h3-6,13H,2H2,1H3/b11-6+. The van der Waals surface area contributed by atoms with E-state index in [1.54, 1.807) is 24.5 Å². The highest BCUT2D eigenvalue weighted by Crippen LogP contribution is 2.18. The van der Waals surface area contributed by atoms with Crippen LogP contribution in [0, 0.1) is 0 Å². The highest BCUT2D eigenvalue weighted by atomic mass is 32.1. The summed E-state index contributed by atoms with van der Waals surface area (Å²) in [6.07, 6.45) is 1.67. The van der Waals surface area contributed by atoms with Crippen LogP contribution in [-0.4, -0.2) is 28.4 Å². The van der Waals surface area contributed by atoms with E-state index >= 15 is 0 Å². The van der Waals surface area contributed by atoms with E-state index in [1.807, 2.05) is 17.5 Å². The predicted octanol–water partition coefficient (Wildman–Crippen LogP) is 2.22. The van der Waals surface area contributed by atoms with Gasteiger partial charge in [0.15, 0.2) is 5.00 Å². The van der Waals surface area contributed by atoms with Gasteiger partial charge in [-0.25, -0.2) is 4.79 Å². The number of carbonyl (C=O) groups excluding carboxylic acids is 1. The summed E-state index contributed by atoms with van der Waals surface area (Å²) in [4.78, 5) is 12.5. The number of nitrogens with one attached hydrogen (secondary N) is 1. The molecule has 2 rings (SSSR count). The van der Waals surface area contributed by atoms with E-state index in [9.17, 15) is 4.79 Å². The summed E-state index contributed by atoms with van der Waals surface area (Å²) in [5, 5.41) is 10.2. The van der Waals surface area contributed by atoms with Gasteiger partial charge in [-0.3, -0.25) is 5.43 Å². The van der Waals surface area contributed by atoms with Gasteiger partial charge in [-0.1, -0.05) is 10.6 Å². The number of anilines is 1. The molecule has 0 fully saturated rings. The molecule has 8 heteroatoms. The van der Waals surface area contributed by atoms with Gasteiger partial charge in [-0.2, -0.15) is 5.10 Å². The van der Waals surface area contributed by atoms with Crippen LogP contribution in [0.5, 0.6) is 0 Å². The van der Waals surface area contributed by atoms with Gasteiger partial charge in [0.05, 0.1) is 12.8 Å². The predicted molar refractivity (Wildman–Crippen MR) is 71.4 cm³/mol. The lowest BCUT2D eigenvalue weighted by molar-refractivity contribution is 0.0520. The second kappa shape index (κ2) is 6.22. The molecule has 1 N–H and O–H groups in total. The molecule has 0 radical (unpaired) electrons. The van der Waals surface area contributed by atoms with Crippen LogP contribution in [0.4, 0.5) is 5.00 Å². The first-order valence-electron chi connectivity index (χ1n) is 5.13. The van der Waals surface area contributed by atoms with Crippen molar-refractivity contribution in [1.29, 1.82) is 0 Å². The van der Waals surface area contributed by atoms with Gasteiger partial charge in [0, 0.05) is 16.4 Å². The van der Waals surface area contributed by atoms with Crippen LogP contribution in [0.3, 0.4) is 0 Å². The van der Waals surface area contributed by atoms with E-state index in [0.717, 1.165) is 16.4 Å². The first-order chi connectivity index (χ1) is 8.81. The summed E-state index contributed by atoms with van der Waals surface area (Å²) in [7, 11) is 0. The van der Waals surface area contributed by atoms with Crippen molar-refractivity contribution in [2.75, 3.05) is 12.0 Å². The molecule has 94 valence electrons. The molecule has 2 aromatic heterocycles. The van der Waals surface area contributed by atoms with Crippen molar-refractivity contribution in [3.8, 4) is 0 Å². The number of thiophene rings is 1. The van der Waals surface area contributed by atoms with Crippen LogP contribution in [0.1, 0.15) is 22.3 Å². The molecule has 0 saturated heterocycles. The first kappa shape index (κ1) is 12.7. The van der Waals surface area contributed by atoms with Crippen molar-refractivity contribution in [2.24, 2.45) is 5.10 Å². The number of ether oxygens (including phenoxy) is 1. The van der Waals surface area contributed by atoms with E-state index in [0.29, 0.717) is 11.6 Å². The van der Waals surface area contributed by atoms with Crippen molar-refractivity contribution in [3.63, 3.8) is 0 Å². The van der Waals surface area contributed by atoms with E-state index < -0.39 is 5.97 Å². The number of hydrazone groups is 1. The minimum Gasteiger partial charge on any atom is -0.461 e. The molecule has 2 aromatic rings. The lowest BCUT2D eigenvalue weighted by Gasteiger charge is -1.99. The molecule has 0 unspecified atom stereocenters. The molecule has 0 atom stereocenters. The lowest BCUT2D eigenvalue weighted by Crippen LogP contribution is -2.07. The number of hydrogen-bond acceptors (Lipinski definition) is 8. The zero-order valence-electron chi connectivity index (χ0n) is 9.49. The minimum atomic E-state index is -0.500. The van der Waals surface area contributed by atoms with Crippen LogP contribution >= 0.6 is 22.9 Å². The Hall–Kier alpha value is -1.80. The van der Waals surface area contributed by atoms with Crippen molar-refractivity contribution >= 4 is 40.1 Å². The molecule has 0 spiro atoms. The second-order valence-corrected chi connectivity index (χ2v) is 4.79. The maximum Gasteiger partial charge on any atom is 0.362 e. The molecule has 0 aromatic carbocycles. The monoisotopic (exact) mass is 282 g/mol. The normalized spacial score (nSPS) is 10.7. The molecule has 0 bridgehead atoms. The molecule has 6 nitrogen and oxygen atoms in total. The fourth-order valence-corrected chi connectivity index (χ4v) is 2.21. The Bertz CT molecular complexity index is 536. The van der Waals surface area contributed by atoms with Gasteiger partial charge in [0.2, 0.25) is 5.69 Å². The summed E-state index contributed by atoms with van der Waals surface area (Å²) in [5.41, 5.74) is 2.90. The fourth-order valence-electron chi connectivity index (χ4n) is 1.12. The van der Waals surface area contributed by atoms with E-state index in [-0.39, 0.29) is 5.69 Å². The summed E-state index contributed by atoms with van der Waals surface area (Å²) < 4.78 is 8.55. The molecule has 0 amide bonds. The fraction of sp³-hybridized carbons (Fsp3) is 0.200. The minimum absolute atomic E-state index is 0.158. The number of carbonyl (C=O) groups is 1. The number of nitrogens with zero attached hydrogens (tertiary/aromatic N) is 3. The van der Waals surface area contributed by atoms with Crippen LogP contribution < -0.4 is 5.43 Å². The molecule has 18 heavy (non-hydrogen) atoms. The summed E-state index contributed by atoms with van der Waals surface area (Å²) >= 11 is 2.63. The molecular weight excluding hydrogens is 272 g/mol. The quantitative estimate of drug-likeness (QED) is 0.517. The third kappa shape index (κ3) is 3.11. The molecule has 0 aliphatic rings. The van der Waals surface area contributed by atoms with Crippen LogP contribution in [0.15, 0.2) is 22.6 Å². The zero-order valence-corrected chi connectivity index (χ0v) is 11.1. The molecule has 0 aliphatic heterocycles. The van der Waals surface area contributed by atoms with Crippen molar-refractivity contribution < 1.29 is 9.53 Å². The first-order valence-corrected chi connectivity index (χ1v) is 6.78. The van der Waals surface area contributed by atoms with E-state index in [2.05, 4.69) is 20.1 Å². The van der Waals surface area contributed by atoms with E-state index in [4.69, 9.17) is 4.74 Å². The maximum atomic E-state index is 11.5. The van der Waals surface area contributed by atoms with Gasteiger partial charge >= 0.3 is 5.97 Å². The highest BCUT2D eigenvalue weighted by molar-refractivity contribution is 7.11. The van der Waals surface area contributed by atoms with Gasteiger partial charge in [-0.15, -0.1) is 16.4 Å². The van der Waals surface area contributed by atoms with Gasteiger partial charge < -0.3 is 4.74 Å². The number of esters is 1. The zero-order chi connectivity index (χ0) is 12.8. The molecule has 0 saturated carbocycles. The SMILES string of the molecule is CCOC(=O)c1nnsc1N/N=C/c1cccs1. The van der Waals surface area contributed by atoms with Crippen molar-refractivity contribution in [2.45, 2.75) is 6.92 Å². The van der Waals surface area contributed by atoms with Gasteiger partial charge in [0.1, 0.15) is 0 Å². The third-order valence-corrected chi connectivity index (χ3v) is 3.30. The van der Waals surface area contributed by atoms with Crippen LogP contribution in [-0.2, 0) is 4.74 Å². The summed E-state index contributed by atoms with van der Waals surface area (Å²) in [6, 6.07) is 3.87. The largest absolute Gasteiger partial charge is 0.461 e. The molecule has 2 heterocycles. The Morgan fingerprint density at radius 3 is 3.28 bits per heavy atom. The molecular formula is C10H10N4O2S2. The Morgan fingerprint density at radius 2 is 2.56 bits per heavy atom. The Morgan fingerprint density at radius 1 is 1.67 bits per heavy atom. The second-order valence-electron chi connectivity index (χ2n) is 3.06. The lowest BCUT2D eigenvalue weighted by atomic mass is 10.5. The van der Waals surface area contributed by atoms with Gasteiger partial charge in [0.25, 0.3) is 0 Å². The topological polar surface area (TPSA) is 76.5 Å². The van der Waals surface area contributed by atoms with Crippen molar-refractivity contribution in [3.05, 3.63) is 28.1 Å². The van der Waals surface area contributed by atoms with Crippen LogP contribution in [0.25, 0.3) is 0 Å². The highest BCUT2D eigenvalue weighted by Gasteiger charge is 2.17. The number of rotatable bonds is 5. The Labute approximate surface area is 111 Å². The van der Waals surface area contributed by atoms with Crippen molar-refractivity contribution in [1.82, 2.24) is 9.59 Å². The number of hydrogen-bond donors (Lipinski definition) is 1. The Balaban J connectivity index is 2.02.